The number of carbonyl (C=O) groups excluding carboxylic acids is 5. The Labute approximate surface area is 312 Å². The molecule has 0 aliphatic carbocycles. The van der Waals surface area contributed by atoms with Gasteiger partial charge >= 0.3 is 29.8 Å². The standard InChI is InChI=1S/C37H62O16/c1-19(2)11-26(38)46-16-24-31(43)33(45)34(50-29(41)14-22(7)8)36(49-24)53-37(18-48-28(40)13-21(5)6)35(51-30(42)15-23(9)10)32(44)25(52-37)17-47-27(39)12-20(3)4/h19-25,31-36,43-45H,11-18H2,1-10H3/t24-,25-,31-,32-,33+,34-,35+,36-,37+/m1/s1. The summed E-state index contributed by atoms with van der Waals surface area (Å²) in [6.45, 7) is 16.0. The molecule has 0 radical (unpaired) electrons. The summed E-state index contributed by atoms with van der Waals surface area (Å²) in [5.74, 6) is -6.40. The molecule has 16 heteroatoms. The summed E-state index contributed by atoms with van der Waals surface area (Å²) in [5, 5.41) is 34.0. The number of aliphatic hydroxyl groups excluding tert-OH is 3. The molecule has 2 rings (SSSR count). The van der Waals surface area contributed by atoms with Gasteiger partial charge in [0.15, 0.2) is 12.2 Å². The van der Waals surface area contributed by atoms with Crippen LogP contribution in [0.3, 0.4) is 0 Å². The van der Waals surface area contributed by atoms with Crippen molar-refractivity contribution in [3.05, 3.63) is 0 Å². The maximum atomic E-state index is 13.1. The second-order valence-corrected chi connectivity index (χ2v) is 16.0. The molecule has 306 valence electrons. The quantitative estimate of drug-likeness (QED) is 0.120. The van der Waals surface area contributed by atoms with Crippen LogP contribution >= 0.6 is 0 Å². The maximum absolute atomic E-state index is 13.1. The molecule has 9 atom stereocenters. The first kappa shape index (κ1) is 46.3. The van der Waals surface area contributed by atoms with Crippen LogP contribution in [0.2, 0.25) is 0 Å². The van der Waals surface area contributed by atoms with E-state index >= 15 is 0 Å². The number of aliphatic hydroxyl groups is 3. The van der Waals surface area contributed by atoms with Crippen molar-refractivity contribution in [3.63, 3.8) is 0 Å². The fourth-order valence-electron chi connectivity index (χ4n) is 5.61. The first-order valence-electron chi connectivity index (χ1n) is 18.5. The first-order valence-corrected chi connectivity index (χ1v) is 18.5. The molecule has 16 nitrogen and oxygen atoms in total. The van der Waals surface area contributed by atoms with Crippen LogP contribution in [-0.2, 0) is 61.9 Å². The van der Waals surface area contributed by atoms with Gasteiger partial charge < -0.3 is 53.2 Å². The van der Waals surface area contributed by atoms with Gasteiger partial charge in [-0.3, -0.25) is 24.0 Å². The molecule has 3 N–H and O–H groups in total. The van der Waals surface area contributed by atoms with Crippen molar-refractivity contribution < 1.29 is 77.2 Å². The van der Waals surface area contributed by atoms with Gasteiger partial charge in [-0.05, 0) is 29.6 Å². The normalized spacial score (nSPS) is 28.8. The van der Waals surface area contributed by atoms with Gasteiger partial charge in [0.25, 0.3) is 0 Å². The number of esters is 5. The number of rotatable bonds is 20. The first-order chi connectivity index (χ1) is 24.6. The van der Waals surface area contributed by atoms with Crippen molar-refractivity contribution in [2.24, 2.45) is 29.6 Å². The highest BCUT2D eigenvalue weighted by atomic mass is 16.8. The largest absolute Gasteiger partial charge is 0.463 e. The minimum Gasteiger partial charge on any atom is -0.463 e. The lowest BCUT2D eigenvalue weighted by Gasteiger charge is -2.45. The Balaban J connectivity index is 2.64. The minimum absolute atomic E-state index is 0.0310. The zero-order chi connectivity index (χ0) is 40.2. The van der Waals surface area contributed by atoms with Gasteiger partial charge in [0.05, 0.1) is 0 Å². The van der Waals surface area contributed by atoms with E-state index in [-0.39, 0.29) is 61.7 Å². The fourth-order valence-corrected chi connectivity index (χ4v) is 5.61. The Morgan fingerprint density at radius 2 is 0.962 bits per heavy atom. The molecular formula is C37H62O16. The third-order valence-corrected chi connectivity index (χ3v) is 8.09. The summed E-state index contributed by atoms with van der Waals surface area (Å²) in [4.78, 5) is 63.8. The molecule has 0 amide bonds. The lowest BCUT2D eigenvalue weighted by molar-refractivity contribution is -0.384. The van der Waals surface area contributed by atoms with E-state index in [0.717, 1.165) is 0 Å². The fraction of sp³-hybridized carbons (Fsp3) is 0.865. The van der Waals surface area contributed by atoms with E-state index < -0.39 is 104 Å². The molecule has 2 aliphatic rings. The summed E-state index contributed by atoms with van der Waals surface area (Å²) in [5.41, 5.74) is 0. The van der Waals surface area contributed by atoms with E-state index in [1.807, 2.05) is 27.7 Å². The highest BCUT2D eigenvalue weighted by Gasteiger charge is 2.63. The lowest BCUT2D eigenvalue weighted by Crippen LogP contribution is -2.64. The SMILES string of the molecule is CC(C)CC(=O)OC[C@H]1O[C@@](COC(=O)CC(C)C)(O[C@H]2O[C@H](COC(=O)CC(C)C)[C@@H](O)[C@H](O)[C@H]2OC(=O)CC(C)C)[C@@H](OC(=O)CC(C)C)[C@@H]1O. The average molecular weight is 763 g/mol. The molecule has 2 heterocycles. The van der Waals surface area contributed by atoms with Crippen LogP contribution in [0.15, 0.2) is 0 Å². The topological polar surface area (TPSA) is 220 Å². The van der Waals surface area contributed by atoms with Crippen molar-refractivity contribution in [2.75, 3.05) is 19.8 Å². The molecule has 0 aromatic heterocycles. The summed E-state index contributed by atoms with van der Waals surface area (Å²) in [6, 6.07) is 0. The van der Waals surface area contributed by atoms with Crippen LogP contribution in [0, 0.1) is 29.6 Å². The van der Waals surface area contributed by atoms with E-state index in [2.05, 4.69) is 0 Å². The third-order valence-electron chi connectivity index (χ3n) is 8.09. The van der Waals surface area contributed by atoms with Gasteiger partial charge in [0.1, 0.15) is 50.3 Å². The van der Waals surface area contributed by atoms with E-state index in [9.17, 15) is 39.3 Å². The van der Waals surface area contributed by atoms with Crippen molar-refractivity contribution >= 4 is 29.8 Å². The lowest BCUT2D eigenvalue weighted by atomic mass is 9.98. The summed E-state index contributed by atoms with van der Waals surface area (Å²) < 4.78 is 46.1. The molecule has 0 bridgehead atoms. The zero-order valence-electron chi connectivity index (χ0n) is 32.8. The molecule has 0 saturated carbocycles. The second kappa shape index (κ2) is 21.3. The second-order valence-electron chi connectivity index (χ2n) is 16.0. The van der Waals surface area contributed by atoms with Gasteiger partial charge in [-0.25, -0.2) is 0 Å². The van der Waals surface area contributed by atoms with Crippen LogP contribution < -0.4 is 0 Å². The van der Waals surface area contributed by atoms with Crippen LogP contribution in [0.25, 0.3) is 0 Å². The monoisotopic (exact) mass is 762 g/mol. The minimum atomic E-state index is -2.41. The number of hydrogen-bond acceptors (Lipinski definition) is 16. The van der Waals surface area contributed by atoms with Crippen LogP contribution in [0.5, 0.6) is 0 Å². The molecule has 0 unspecified atom stereocenters. The maximum Gasteiger partial charge on any atom is 0.306 e. The molecule has 2 aliphatic heterocycles. The predicted octanol–water partition coefficient (Wildman–Crippen LogP) is 2.59. The van der Waals surface area contributed by atoms with Gasteiger partial charge in [-0.15, -0.1) is 0 Å². The highest BCUT2D eigenvalue weighted by Crippen LogP contribution is 2.40. The van der Waals surface area contributed by atoms with Crippen molar-refractivity contribution in [2.45, 2.75) is 156 Å². The Morgan fingerprint density at radius 1 is 0.547 bits per heavy atom. The van der Waals surface area contributed by atoms with Crippen molar-refractivity contribution in [3.8, 4) is 0 Å². The summed E-state index contributed by atoms with van der Waals surface area (Å²) in [6.07, 6.45) is -13.6. The van der Waals surface area contributed by atoms with Gasteiger partial charge in [-0.2, -0.15) is 0 Å². The molecule has 53 heavy (non-hydrogen) atoms. The molecule has 2 saturated heterocycles. The molecular weight excluding hydrogens is 700 g/mol. The van der Waals surface area contributed by atoms with E-state index in [1.165, 1.54) is 0 Å². The Hall–Kier alpha value is -2.89. The van der Waals surface area contributed by atoms with Crippen molar-refractivity contribution in [1.82, 2.24) is 0 Å². The Kier molecular flexibility index (Phi) is 18.6. The number of ether oxygens (including phenoxy) is 8. The van der Waals surface area contributed by atoms with Crippen molar-refractivity contribution in [1.29, 1.82) is 0 Å². The van der Waals surface area contributed by atoms with Crippen LogP contribution in [-0.4, -0.2) is 120 Å². The Bertz CT molecular complexity index is 1200. The summed E-state index contributed by atoms with van der Waals surface area (Å²) in [7, 11) is 0. The van der Waals surface area contributed by atoms with E-state index in [4.69, 9.17) is 37.9 Å². The highest BCUT2D eigenvalue weighted by molar-refractivity contribution is 5.71. The zero-order valence-corrected chi connectivity index (χ0v) is 32.8. The molecule has 0 aromatic carbocycles. The average Bonchev–Trinajstić information content (AvgIpc) is 3.26. The molecule has 0 spiro atoms. The van der Waals surface area contributed by atoms with Gasteiger partial charge in [0.2, 0.25) is 12.1 Å². The van der Waals surface area contributed by atoms with E-state index in [1.54, 1.807) is 41.5 Å². The van der Waals surface area contributed by atoms with Crippen LogP contribution in [0.1, 0.15) is 101 Å². The number of carbonyl (C=O) groups is 5. The number of hydrogen-bond donors (Lipinski definition) is 3. The molecule has 2 fully saturated rings. The Morgan fingerprint density at radius 3 is 1.43 bits per heavy atom. The predicted molar refractivity (Wildman–Crippen MR) is 185 cm³/mol. The van der Waals surface area contributed by atoms with Gasteiger partial charge in [0, 0.05) is 32.1 Å². The third kappa shape index (κ3) is 15.0. The smallest absolute Gasteiger partial charge is 0.306 e. The van der Waals surface area contributed by atoms with E-state index in [0.29, 0.717) is 0 Å². The van der Waals surface area contributed by atoms with Gasteiger partial charge in [-0.1, -0.05) is 69.2 Å². The van der Waals surface area contributed by atoms with Crippen LogP contribution in [0.4, 0.5) is 0 Å². The molecule has 0 aromatic rings. The summed E-state index contributed by atoms with van der Waals surface area (Å²) >= 11 is 0.